The van der Waals surface area contributed by atoms with E-state index in [9.17, 15) is 24.9 Å². The first kappa shape index (κ1) is 19.5. The zero-order chi connectivity index (χ0) is 20.8. The van der Waals surface area contributed by atoms with E-state index in [1.165, 1.54) is 19.1 Å². The lowest BCUT2D eigenvalue weighted by Gasteiger charge is -2.27. The summed E-state index contributed by atoms with van der Waals surface area (Å²) in [6.45, 7) is 7.18. The Balaban J connectivity index is 2.50. The highest BCUT2D eigenvalue weighted by Gasteiger charge is 2.40. The number of aromatic nitrogens is 1. The number of aliphatic carboxylic acids is 1. The molecule has 0 bridgehead atoms. The molecule has 0 fully saturated rings. The van der Waals surface area contributed by atoms with E-state index in [0.717, 1.165) is 0 Å². The zero-order valence-electron chi connectivity index (χ0n) is 16.2. The maximum atomic E-state index is 12.4. The summed E-state index contributed by atoms with van der Waals surface area (Å²) < 4.78 is 1.91. The summed E-state index contributed by atoms with van der Waals surface area (Å²) in [6, 6.07) is 11.3. The second kappa shape index (κ2) is 6.71. The van der Waals surface area contributed by atoms with Gasteiger partial charge in [0.15, 0.2) is 0 Å². The highest BCUT2D eigenvalue weighted by Crippen LogP contribution is 2.41. The van der Waals surface area contributed by atoms with Gasteiger partial charge in [-0.15, -0.1) is 0 Å². The lowest BCUT2D eigenvalue weighted by molar-refractivity contribution is -0.141. The number of phenolic OH excluding ortho intramolecular Hbond substituents is 1. The lowest BCUT2D eigenvalue weighted by atomic mass is 9.74. The number of carboxylic acid groups (broad SMARTS) is 2. The minimum atomic E-state index is -1.54. The van der Waals surface area contributed by atoms with Gasteiger partial charge in [0.2, 0.25) is 0 Å². The van der Waals surface area contributed by atoms with Crippen LogP contribution in [0.1, 0.15) is 54.0 Å². The van der Waals surface area contributed by atoms with Crippen molar-refractivity contribution in [3.05, 3.63) is 64.8 Å². The molecule has 3 rings (SSSR count). The van der Waals surface area contributed by atoms with Crippen molar-refractivity contribution in [3.8, 4) is 5.75 Å². The van der Waals surface area contributed by atoms with E-state index in [2.05, 4.69) is 0 Å². The minimum absolute atomic E-state index is 0.00250. The number of carbonyl (C=O) groups is 2. The van der Waals surface area contributed by atoms with Crippen LogP contribution in [0.25, 0.3) is 10.9 Å². The molecule has 0 amide bonds. The van der Waals surface area contributed by atoms with Crippen molar-refractivity contribution in [1.82, 2.24) is 4.57 Å². The second-order valence-corrected chi connectivity index (χ2v) is 7.41. The first-order valence-electron chi connectivity index (χ1n) is 9.00. The van der Waals surface area contributed by atoms with Gasteiger partial charge in [0.05, 0.1) is 5.56 Å². The number of phenols is 1. The minimum Gasteiger partial charge on any atom is -0.508 e. The van der Waals surface area contributed by atoms with Crippen molar-refractivity contribution >= 4 is 22.8 Å². The Kier molecular flexibility index (Phi) is 4.67. The summed E-state index contributed by atoms with van der Waals surface area (Å²) in [5.74, 6) is -2.28. The number of rotatable bonds is 5. The number of nitrogens with zero attached hydrogens (tertiary/aromatic N) is 1. The number of fused-ring (bicyclic) bond motifs is 1. The van der Waals surface area contributed by atoms with Gasteiger partial charge in [-0.1, -0.05) is 24.3 Å². The van der Waals surface area contributed by atoms with Gasteiger partial charge < -0.3 is 19.9 Å². The molecule has 0 saturated heterocycles. The van der Waals surface area contributed by atoms with E-state index in [4.69, 9.17) is 0 Å². The van der Waals surface area contributed by atoms with Gasteiger partial charge in [-0.2, -0.15) is 0 Å². The van der Waals surface area contributed by atoms with Crippen molar-refractivity contribution < 1.29 is 24.9 Å². The van der Waals surface area contributed by atoms with Crippen LogP contribution in [0.4, 0.5) is 0 Å². The number of hydrogen-bond donors (Lipinski definition) is 3. The van der Waals surface area contributed by atoms with Gasteiger partial charge in [0.1, 0.15) is 11.2 Å². The SMILES string of the molecule is Cc1c(C(=O)O)c2c(C(C)(C(=O)O)c3cccc(O)c3)cccc2n1C(C)C. The Bertz CT molecular complexity index is 1100. The quantitative estimate of drug-likeness (QED) is 0.611. The Morgan fingerprint density at radius 3 is 2.25 bits per heavy atom. The molecule has 28 heavy (non-hydrogen) atoms. The molecular formula is C22H23NO5. The summed E-state index contributed by atoms with van der Waals surface area (Å²) >= 11 is 0. The van der Waals surface area contributed by atoms with Crippen molar-refractivity contribution in [1.29, 1.82) is 0 Å². The molecule has 1 unspecified atom stereocenters. The predicted molar refractivity (Wildman–Crippen MR) is 106 cm³/mol. The van der Waals surface area contributed by atoms with Crippen LogP contribution in [0.3, 0.4) is 0 Å². The van der Waals surface area contributed by atoms with Crippen molar-refractivity contribution in [2.24, 2.45) is 0 Å². The first-order chi connectivity index (χ1) is 13.1. The molecule has 0 saturated carbocycles. The van der Waals surface area contributed by atoms with Gasteiger partial charge in [-0.05, 0) is 57.0 Å². The number of hydrogen-bond acceptors (Lipinski definition) is 3. The predicted octanol–water partition coefficient (Wildman–Crippen LogP) is 4.33. The highest BCUT2D eigenvalue weighted by atomic mass is 16.4. The molecule has 6 heteroatoms. The van der Waals surface area contributed by atoms with E-state index in [-0.39, 0.29) is 17.4 Å². The fourth-order valence-corrected chi connectivity index (χ4v) is 4.04. The number of aromatic hydroxyl groups is 1. The van der Waals surface area contributed by atoms with Crippen LogP contribution in [-0.2, 0) is 10.2 Å². The van der Waals surface area contributed by atoms with E-state index >= 15 is 0 Å². The molecule has 1 aromatic heterocycles. The molecule has 0 aliphatic rings. The summed E-state index contributed by atoms with van der Waals surface area (Å²) in [4.78, 5) is 24.6. The Hall–Kier alpha value is -3.28. The van der Waals surface area contributed by atoms with E-state index in [1.807, 2.05) is 24.5 Å². The van der Waals surface area contributed by atoms with Crippen LogP contribution in [0.2, 0.25) is 0 Å². The summed E-state index contributed by atoms with van der Waals surface area (Å²) in [5.41, 5.74) is 0.565. The lowest BCUT2D eigenvalue weighted by Crippen LogP contribution is -2.34. The molecule has 3 N–H and O–H groups in total. The van der Waals surface area contributed by atoms with Crippen molar-refractivity contribution in [2.45, 2.75) is 39.2 Å². The average Bonchev–Trinajstić information content (AvgIpc) is 2.92. The Morgan fingerprint density at radius 1 is 1.07 bits per heavy atom. The van der Waals surface area contributed by atoms with Gasteiger partial charge >= 0.3 is 11.9 Å². The average molecular weight is 381 g/mol. The molecular weight excluding hydrogens is 358 g/mol. The normalized spacial score (nSPS) is 13.6. The van der Waals surface area contributed by atoms with Crippen molar-refractivity contribution in [3.63, 3.8) is 0 Å². The summed E-state index contributed by atoms with van der Waals surface area (Å²) in [5, 5.41) is 30.4. The topological polar surface area (TPSA) is 99.8 Å². The Morgan fingerprint density at radius 2 is 1.71 bits per heavy atom. The zero-order valence-corrected chi connectivity index (χ0v) is 16.2. The third-order valence-corrected chi connectivity index (χ3v) is 5.40. The van der Waals surface area contributed by atoms with Crippen molar-refractivity contribution in [2.75, 3.05) is 0 Å². The summed E-state index contributed by atoms with van der Waals surface area (Å²) in [6.07, 6.45) is 0. The highest BCUT2D eigenvalue weighted by molar-refractivity contribution is 6.08. The van der Waals surface area contributed by atoms with Crippen LogP contribution in [0.5, 0.6) is 5.75 Å². The van der Waals surface area contributed by atoms with Gasteiger partial charge in [-0.25, -0.2) is 4.79 Å². The molecule has 0 aliphatic heterocycles. The molecule has 0 spiro atoms. The van der Waals surface area contributed by atoms with Gasteiger partial charge in [0, 0.05) is 22.6 Å². The largest absolute Gasteiger partial charge is 0.508 e. The fraction of sp³-hybridized carbons (Fsp3) is 0.273. The van der Waals surface area contributed by atoms with Gasteiger partial charge in [0.25, 0.3) is 0 Å². The van der Waals surface area contributed by atoms with E-state index < -0.39 is 17.4 Å². The molecule has 1 atom stereocenters. The molecule has 3 aromatic rings. The van der Waals surface area contributed by atoms with Crippen LogP contribution in [0, 0.1) is 6.92 Å². The third kappa shape index (κ3) is 2.72. The van der Waals surface area contributed by atoms with Crippen LogP contribution in [-0.4, -0.2) is 31.8 Å². The molecule has 0 radical (unpaired) electrons. The molecule has 0 aliphatic carbocycles. The van der Waals surface area contributed by atoms with Crippen LogP contribution >= 0.6 is 0 Å². The monoisotopic (exact) mass is 381 g/mol. The number of aromatic carboxylic acids is 1. The standard InChI is InChI=1S/C22H23NO5/c1-12(2)23-13(3)18(20(25)26)19-16(9-6-10-17(19)23)22(4,21(27)28)14-7-5-8-15(24)11-14/h5-12,24H,1-4H3,(H,25,26)(H,27,28). The molecule has 1 heterocycles. The van der Waals surface area contributed by atoms with Gasteiger partial charge in [-0.3, -0.25) is 4.79 Å². The maximum absolute atomic E-state index is 12.4. The number of benzene rings is 2. The molecule has 6 nitrogen and oxygen atoms in total. The first-order valence-corrected chi connectivity index (χ1v) is 9.00. The third-order valence-electron chi connectivity index (χ3n) is 5.40. The number of carboxylic acids is 2. The Labute approximate surface area is 162 Å². The second-order valence-electron chi connectivity index (χ2n) is 7.41. The van der Waals surface area contributed by atoms with Crippen LogP contribution < -0.4 is 0 Å². The summed E-state index contributed by atoms with van der Waals surface area (Å²) in [7, 11) is 0. The molecule has 2 aromatic carbocycles. The van der Waals surface area contributed by atoms with E-state index in [1.54, 1.807) is 31.2 Å². The fourth-order valence-electron chi connectivity index (χ4n) is 4.04. The smallest absolute Gasteiger partial charge is 0.338 e. The van der Waals surface area contributed by atoms with E-state index in [0.29, 0.717) is 27.7 Å². The molecule has 146 valence electrons. The maximum Gasteiger partial charge on any atom is 0.338 e. The van der Waals surface area contributed by atoms with Crippen LogP contribution in [0.15, 0.2) is 42.5 Å².